The van der Waals surface area contributed by atoms with E-state index in [0.717, 1.165) is 5.69 Å². The van der Waals surface area contributed by atoms with Crippen LogP contribution in [0.5, 0.6) is 0 Å². The molecule has 2 atom stereocenters. The molecule has 104 valence electrons. The monoisotopic (exact) mass is 263 g/mol. The number of para-hydroxylation sites is 1. The first kappa shape index (κ1) is 14.0. The van der Waals surface area contributed by atoms with Crippen molar-refractivity contribution in [3.8, 4) is 0 Å². The lowest BCUT2D eigenvalue weighted by Gasteiger charge is -2.25. The average molecular weight is 263 g/mol. The van der Waals surface area contributed by atoms with Crippen molar-refractivity contribution in [1.82, 2.24) is 0 Å². The van der Waals surface area contributed by atoms with Gasteiger partial charge in [-0.2, -0.15) is 0 Å². The van der Waals surface area contributed by atoms with Crippen LogP contribution in [0.4, 0.5) is 5.69 Å². The predicted molar refractivity (Wildman–Crippen MR) is 73.8 cm³/mol. The van der Waals surface area contributed by atoms with Crippen molar-refractivity contribution in [3.63, 3.8) is 0 Å². The Bertz CT molecular complexity index is 484. The van der Waals surface area contributed by atoms with Crippen LogP contribution in [0.3, 0.4) is 0 Å². The number of hydrogen-bond donors (Lipinski definition) is 2. The number of rotatable bonds is 4. The maximum Gasteiger partial charge on any atom is 0.263 e. The van der Waals surface area contributed by atoms with E-state index in [0.29, 0.717) is 18.0 Å². The van der Waals surface area contributed by atoms with Crippen molar-refractivity contribution >= 4 is 11.6 Å². The number of nitrogens with zero attached hydrogens (tertiary/aromatic N) is 1. The van der Waals surface area contributed by atoms with Crippen molar-refractivity contribution in [2.24, 2.45) is 5.92 Å². The second-order valence-electron chi connectivity index (χ2n) is 5.74. The van der Waals surface area contributed by atoms with Gasteiger partial charge in [0.2, 0.25) is 0 Å². The topological polar surface area (TPSA) is 60.8 Å². The summed E-state index contributed by atoms with van der Waals surface area (Å²) >= 11 is 0. The summed E-state index contributed by atoms with van der Waals surface area (Å²) in [6, 6.07) is 7.26. The molecule has 0 fully saturated rings. The highest BCUT2D eigenvalue weighted by Gasteiger charge is 2.49. The second-order valence-corrected chi connectivity index (χ2v) is 5.74. The van der Waals surface area contributed by atoms with Crippen molar-refractivity contribution in [2.45, 2.75) is 38.9 Å². The van der Waals surface area contributed by atoms with E-state index >= 15 is 0 Å². The normalized spacial score (nSPS) is 23.9. The number of benzene rings is 1. The maximum absolute atomic E-state index is 12.5. The van der Waals surface area contributed by atoms with Gasteiger partial charge in [0.25, 0.3) is 5.91 Å². The van der Waals surface area contributed by atoms with Crippen molar-refractivity contribution in [3.05, 3.63) is 29.8 Å². The van der Waals surface area contributed by atoms with E-state index in [1.165, 1.54) is 0 Å². The Hall–Kier alpha value is -1.39. The molecule has 4 nitrogen and oxygen atoms in total. The van der Waals surface area contributed by atoms with E-state index in [-0.39, 0.29) is 12.3 Å². The third-order valence-corrected chi connectivity index (χ3v) is 3.38. The molecule has 1 aliphatic heterocycles. The first-order valence-corrected chi connectivity index (χ1v) is 6.68. The van der Waals surface area contributed by atoms with Gasteiger partial charge in [0.1, 0.15) is 0 Å². The molecular formula is C15H21NO3. The number of aliphatic hydroxyl groups is 2. The Kier molecular flexibility index (Phi) is 3.65. The van der Waals surface area contributed by atoms with Crippen LogP contribution < -0.4 is 4.90 Å². The van der Waals surface area contributed by atoms with Gasteiger partial charge in [-0.25, -0.2) is 0 Å². The van der Waals surface area contributed by atoms with Crippen LogP contribution in [-0.2, 0) is 10.4 Å². The zero-order valence-corrected chi connectivity index (χ0v) is 11.6. The summed E-state index contributed by atoms with van der Waals surface area (Å²) < 4.78 is 0. The van der Waals surface area contributed by atoms with E-state index in [1.54, 1.807) is 24.0 Å². The number of carbonyl (C=O) groups excluding carboxylic acids is 1. The molecule has 0 unspecified atom stereocenters. The number of anilines is 1. The van der Waals surface area contributed by atoms with Gasteiger partial charge in [0, 0.05) is 18.5 Å². The van der Waals surface area contributed by atoms with E-state index < -0.39 is 11.7 Å². The average Bonchev–Trinajstić information content (AvgIpc) is 2.51. The molecule has 2 rings (SSSR count). The zero-order chi connectivity index (χ0) is 14.2. The van der Waals surface area contributed by atoms with Crippen LogP contribution in [0, 0.1) is 5.92 Å². The number of carbonyl (C=O) groups is 1. The van der Waals surface area contributed by atoms with Crippen LogP contribution in [0.2, 0.25) is 0 Å². The summed E-state index contributed by atoms with van der Waals surface area (Å²) in [6.07, 6.45) is -0.710. The Labute approximate surface area is 113 Å². The van der Waals surface area contributed by atoms with Gasteiger partial charge >= 0.3 is 0 Å². The molecular weight excluding hydrogens is 242 g/mol. The van der Waals surface area contributed by atoms with Crippen LogP contribution in [-0.4, -0.2) is 28.8 Å². The van der Waals surface area contributed by atoms with Crippen molar-refractivity contribution in [2.75, 3.05) is 11.4 Å². The van der Waals surface area contributed by atoms with Crippen molar-refractivity contribution in [1.29, 1.82) is 0 Å². The third kappa shape index (κ3) is 2.38. The third-order valence-electron chi connectivity index (χ3n) is 3.38. The van der Waals surface area contributed by atoms with E-state index in [2.05, 4.69) is 0 Å². The minimum Gasteiger partial charge on any atom is -0.393 e. The Morgan fingerprint density at radius 2 is 1.89 bits per heavy atom. The second kappa shape index (κ2) is 4.94. The summed E-state index contributed by atoms with van der Waals surface area (Å²) in [5.74, 6) is -0.0193. The smallest absolute Gasteiger partial charge is 0.263 e. The molecule has 4 heteroatoms. The molecule has 2 N–H and O–H groups in total. The maximum atomic E-state index is 12.5. The number of hydrogen-bond acceptors (Lipinski definition) is 3. The lowest BCUT2D eigenvalue weighted by atomic mass is 9.90. The lowest BCUT2D eigenvalue weighted by Crippen LogP contribution is -2.43. The van der Waals surface area contributed by atoms with E-state index in [9.17, 15) is 15.0 Å². The summed E-state index contributed by atoms with van der Waals surface area (Å²) in [4.78, 5) is 14.1. The lowest BCUT2D eigenvalue weighted by molar-refractivity contribution is -0.139. The van der Waals surface area contributed by atoms with Crippen LogP contribution >= 0.6 is 0 Å². The van der Waals surface area contributed by atoms with Gasteiger partial charge < -0.3 is 15.1 Å². The standard InChI is InChI=1S/C15H21NO3/c1-10(2)9-16-13-7-5-4-6-12(13)15(19,14(16)18)8-11(3)17/h4-7,10-11,17,19H,8-9H2,1-3H3/t11-,15-/m0/s1. The first-order chi connectivity index (χ1) is 8.86. The molecule has 1 amide bonds. The summed E-state index contributed by atoms with van der Waals surface area (Å²) in [5, 5.41) is 20.3. The van der Waals surface area contributed by atoms with Gasteiger partial charge in [-0.1, -0.05) is 32.0 Å². The molecule has 0 aliphatic carbocycles. The van der Waals surface area contributed by atoms with Crippen LogP contribution in [0.25, 0.3) is 0 Å². The molecule has 19 heavy (non-hydrogen) atoms. The molecule has 0 bridgehead atoms. The molecule has 0 spiro atoms. The van der Waals surface area contributed by atoms with E-state index in [1.807, 2.05) is 26.0 Å². The number of aliphatic hydroxyl groups excluding tert-OH is 1. The van der Waals surface area contributed by atoms with Gasteiger partial charge in [-0.3, -0.25) is 4.79 Å². The molecule has 0 saturated heterocycles. The minimum absolute atomic E-state index is 0.0252. The summed E-state index contributed by atoms with van der Waals surface area (Å²) in [5.41, 5.74) is -0.245. The fraction of sp³-hybridized carbons (Fsp3) is 0.533. The van der Waals surface area contributed by atoms with E-state index in [4.69, 9.17) is 0 Å². The van der Waals surface area contributed by atoms with Gasteiger partial charge in [-0.15, -0.1) is 0 Å². The largest absolute Gasteiger partial charge is 0.393 e. The molecule has 1 aromatic rings. The molecule has 0 radical (unpaired) electrons. The quantitative estimate of drug-likeness (QED) is 0.868. The van der Waals surface area contributed by atoms with Gasteiger partial charge in [0.05, 0.1) is 11.8 Å². The SMILES string of the molecule is CC(C)CN1C(=O)[C@](O)(C[C@H](C)O)c2ccccc21. The molecule has 0 aromatic heterocycles. The fourth-order valence-corrected chi connectivity index (χ4v) is 2.68. The Morgan fingerprint density at radius 1 is 1.26 bits per heavy atom. The highest BCUT2D eigenvalue weighted by atomic mass is 16.3. The fourth-order valence-electron chi connectivity index (χ4n) is 2.68. The van der Waals surface area contributed by atoms with Gasteiger partial charge in [0.15, 0.2) is 5.60 Å². The highest BCUT2D eigenvalue weighted by Crippen LogP contribution is 2.43. The zero-order valence-electron chi connectivity index (χ0n) is 11.6. The highest BCUT2D eigenvalue weighted by molar-refractivity contribution is 6.06. The molecule has 1 aromatic carbocycles. The van der Waals surface area contributed by atoms with Crippen molar-refractivity contribution < 1.29 is 15.0 Å². The molecule has 1 heterocycles. The summed E-state index contributed by atoms with van der Waals surface area (Å²) in [6.45, 7) is 6.21. The Balaban J connectivity index is 2.46. The minimum atomic E-state index is -1.60. The molecule has 0 saturated carbocycles. The van der Waals surface area contributed by atoms with Crippen LogP contribution in [0.1, 0.15) is 32.8 Å². The number of fused-ring (bicyclic) bond motifs is 1. The first-order valence-electron chi connectivity index (χ1n) is 6.68. The Morgan fingerprint density at radius 3 is 2.47 bits per heavy atom. The van der Waals surface area contributed by atoms with Gasteiger partial charge in [-0.05, 0) is 18.9 Å². The van der Waals surface area contributed by atoms with Crippen LogP contribution in [0.15, 0.2) is 24.3 Å². The molecule has 1 aliphatic rings. The number of amides is 1. The summed E-state index contributed by atoms with van der Waals surface area (Å²) in [7, 11) is 0. The predicted octanol–water partition coefficient (Wildman–Crippen LogP) is 1.65.